The van der Waals surface area contributed by atoms with Gasteiger partial charge in [0, 0.05) is 6.42 Å². The van der Waals surface area contributed by atoms with Crippen LogP contribution in [0.5, 0.6) is 0 Å². The second kappa shape index (κ2) is 61.1. The van der Waals surface area contributed by atoms with Crippen LogP contribution in [0, 0.1) is 0 Å². The largest absolute Gasteiger partial charge is 0.454 e. The molecule has 1 rings (SSSR count). The molecule has 1 heterocycles. The standard InChI is InChI=1S/C73H137NO10/c1-4-7-10-13-16-19-22-25-27-29-31-33-35-36-38-40-42-45-48-51-54-57-60-66(77)72(81)74-64(65(76)59-56-53-50-47-44-24-21-18-15-12-9-6-3)63-82-73-71(70(80)69(79)67(62-75)83-73)84-68(78)61-58-55-52-49-46-43-41-39-37-34-32-30-28-26-23-20-17-14-11-8-5-2/h25-28,56,59,64-67,69-71,73,75-77,79-80H,4-24,29-55,57-58,60-63H2,1-3H3,(H,74,81)/b27-25+,28-26+,59-56+. The van der Waals surface area contributed by atoms with Crippen LogP contribution in [0.2, 0.25) is 0 Å². The van der Waals surface area contributed by atoms with E-state index in [-0.39, 0.29) is 13.0 Å². The fraction of sp³-hybridized carbons (Fsp3) is 0.890. The molecular formula is C73H137NO10. The van der Waals surface area contributed by atoms with E-state index in [4.69, 9.17) is 14.2 Å². The van der Waals surface area contributed by atoms with Crippen LogP contribution in [0.15, 0.2) is 36.5 Å². The Morgan fingerprint density at radius 2 is 0.786 bits per heavy atom. The zero-order valence-corrected chi connectivity index (χ0v) is 55.0. The number of esters is 1. The zero-order chi connectivity index (χ0) is 61.0. The van der Waals surface area contributed by atoms with Crippen molar-refractivity contribution in [1.29, 1.82) is 0 Å². The Morgan fingerprint density at radius 1 is 0.452 bits per heavy atom. The number of hydrogen-bond acceptors (Lipinski definition) is 10. The number of carbonyl (C=O) groups excluding carboxylic acids is 2. The third-order valence-electron chi connectivity index (χ3n) is 17.3. The van der Waals surface area contributed by atoms with Gasteiger partial charge in [-0.1, -0.05) is 308 Å². The summed E-state index contributed by atoms with van der Waals surface area (Å²) in [5.41, 5.74) is 0. The number of aliphatic hydroxyl groups excluding tert-OH is 5. The number of unbranched alkanes of at least 4 members (excludes halogenated alkanes) is 45. The molecule has 6 N–H and O–H groups in total. The predicted octanol–water partition coefficient (Wildman–Crippen LogP) is 18.6. The van der Waals surface area contributed by atoms with Crippen molar-refractivity contribution in [2.45, 2.75) is 404 Å². The van der Waals surface area contributed by atoms with Gasteiger partial charge in [-0.2, -0.15) is 0 Å². The van der Waals surface area contributed by atoms with Crippen molar-refractivity contribution in [3.8, 4) is 0 Å². The Balaban J connectivity index is 2.56. The molecule has 0 saturated carbocycles. The molecule has 494 valence electrons. The molecule has 0 spiro atoms. The number of amides is 1. The molecule has 0 aromatic rings. The molecule has 11 heteroatoms. The first-order valence-electron chi connectivity index (χ1n) is 36.3. The quantitative estimate of drug-likeness (QED) is 0.0195. The van der Waals surface area contributed by atoms with Crippen LogP contribution < -0.4 is 5.32 Å². The molecule has 1 aliphatic rings. The third kappa shape index (κ3) is 47.9. The Bertz CT molecular complexity index is 1510. The van der Waals surface area contributed by atoms with E-state index in [9.17, 15) is 35.1 Å². The highest BCUT2D eigenvalue weighted by atomic mass is 16.7. The Kier molecular flexibility index (Phi) is 58.1. The third-order valence-corrected chi connectivity index (χ3v) is 17.3. The molecule has 0 radical (unpaired) electrons. The molecule has 0 aromatic heterocycles. The number of carbonyl (C=O) groups is 2. The molecular weight excluding hydrogens is 1050 g/mol. The second-order valence-corrected chi connectivity index (χ2v) is 25.3. The van der Waals surface area contributed by atoms with Crippen LogP contribution in [0.3, 0.4) is 0 Å². The van der Waals surface area contributed by atoms with Crippen molar-refractivity contribution in [3.05, 3.63) is 36.5 Å². The minimum Gasteiger partial charge on any atom is -0.454 e. The summed E-state index contributed by atoms with van der Waals surface area (Å²) in [4.78, 5) is 26.7. The van der Waals surface area contributed by atoms with E-state index in [2.05, 4.69) is 50.4 Å². The van der Waals surface area contributed by atoms with Gasteiger partial charge < -0.3 is 45.1 Å². The first-order valence-corrected chi connectivity index (χ1v) is 36.3. The van der Waals surface area contributed by atoms with Crippen LogP contribution >= 0.6 is 0 Å². The van der Waals surface area contributed by atoms with Crippen molar-refractivity contribution >= 4 is 11.9 Å². The fourth-order valence-electron chi connectivity index (χ4n) is 11.5. The number of allylic oxidation sites excluding steroid dienone is 5. The minimum atomic E-state index is -1.61. The average molecular weight is 1190 g/mol. The van der Waals surface area contributed by atoms with Gasteiger partial charge in [-0.25, -0.2) is 0 Å². The second-order valence-electron chi connectivity index (χ2n) is 25.3. The van der Waals surface area contributed by atoms with Crippen LogP contribution in [0.4, 0.5) is 0 Å². The first kappa shape index (κ1) is 79.9. The maximum atomic E-state index is 13.5. The SMILES string of the molecule is CCCCCCCC/C=C/CCCCCCCCCCCCCCC(O)C(=O)NC(COC1OC(CO)C(O)C(O)C1OC(=O)CCCCCCCCCCCCC/C=C/CCCCCCCC)C(O)/C=C/CCCCCCCCCCCC. The Labute approximate surface area is 517 Å². The summed E-state index contributed by atoms with van der Waals surface area (Å²) in [6.07, 6.45) is 64.7. The molecule has 0 aromatic carbocycles. The van der Waals surface area contributed by atoms with Gasteiger partial charge in [-0.05, 0) is 77.0 Å². The lowest BCUT2D eigenvalue weighted by atomic mass is 9.99. The highest BCUT2D eigenvalue weighted by Crippen LogP contribution is 2.26. The maximum Gasteiger partial charge on any atom is 0.306 e. The number of aliphatic hydroxyl groups is 5. The molecule has 8 atom stereocenters. The van der Waals surface area contributed by atoms with Gasteiger partial charge in [0.15, 0.2) is 12.4 Å². The summed E-state index contributed by atoms with van der Waals surface area (Å²) in [6.45, 7) is 5.83. The number of hydrogen-bond donors (Lipinski definition) is 6. The van der Waals surface area contributed by atoms with Gasteiger partial charge in [0.1, 0.15) is 24.4 Å². The molecule has 1 amide bonds. The lowest BCUT2D eigenvalue weighted by Gasteiger charge is -2.41. The van der Waals surface area contributed by atoms with E-state index in [1.165, 1.54) is 250 Å². The summed E-state index contributed by atoms with van der Waals surface area (Å²) in [6, 6.07) is -1.02. The van der Waals surface area contributed by atoms with Gasteiger partial charge >= 0.3 is 5.97 Å². The zero-order valence-electron chi connectivity index (χ0n) is 55.0. The van der Waals surface area contributed by atoms with Crippen molar-refractivity contribution < 1.29 is 49.3 Å². The summed E-state index contributed by atoms with van der Waals surface area (Å²) in [5, 5.41) is 57.3. The average Bonchev–Trinajstić information content (AvgIpc) is 3.55. The lowest BCUT2D eigenvalue weighted by molar-refractivity contribution is -0.305. The molecule has 0 aliphatic carbocycles. The highest BCUT2D eigenvalue weighted by Gasteiger charge is 2.47. The van der Waals surface area contributed by atoms with E-state index in [0.717, 1.165) is 57.8 Å². The maximum absolute atomic E-state index is 13.5. The van der Waals surface area contributed by atoms with Crippen molar-refractivity contribution in [2.24, 2.45) is 0 Å². The molecule has 1 saturated heterocycles. The van der Waals surface area contributed by atoms with Crippen molar-refractivity contribution in [3.63, 3.8) is 0 Å². The van der Waals surface area contributed by atoms with Gasteiger partial charge in [0.2, 0.25) is 5.91 Å². The van der Waals surface area contributed by atoms with Crippen LogP contribution in [-0.4, -0.2) is 99.6 Å². The number of rotatable bonds is 63. The molecule has 8 unspecified atom stereocenters. The molecule has 11 nitrogen and oxygen atoms in total. The van der Waals surface area contributed by atoms with E-state index < -0.39 is 67.4 Å². The summed E-state index contributed by atoms with van der Waals surface area (Å²) >= 11 is 0. The lowest BCUT2D eigenvalue weighted by Crippen LogP contribution is -2.61. The van der Waals surface area contributed by atoms with Gasteiger partial charge in [-0.3, -0.25) is 9.59 Å². The van der Waals surface area contributed by atoms with Gasteiger partial charge in [0.05, 0.1) is 25.4 Å². The predicted molar refractivity (Wildman–Crippen MR) is 352 cm³/mol. The molecule has 1 fully saturated rings. The molecule has 1 aliphatic heterocycles. The molecule has 84 heavy (non-hydrogen) atoms. The van der Waals surface area contributed by atoms with Gasteiger partial charge in [-0.15, -0.1) is 0 Å². The topological polar surface area (TPSA) is 175 Å². The van der Waals surface area contributed by atoms with Crippen LogP contribution in [-0.2, 0) is 23.8 Å². The Hall–Kier alpha value is -2.12. The minimum absolute atomic E-state index is 0.126. The fourth-order valence-corrected chi connectivity index (χ4v) is 11.5. The molecule has 0 bridgehead atoms. The van der Waals surface area contributed by atoms with Crippen molar-refractivity contribution in [2.75, 3.05) is 13.2 Å². The summed E-state index contributed by atoms with van der Waals surface area (Å²) < 4.78 is 17.7. The van der Waals surface area contributed by atoms with Crippen molar-refractivity contribution in [1.82, 2.24) is 5.32 Å². The smallest absolute Gasteiger partial charge is 0.306 e. The normalized spacial score (nSPS) is 18.6. The van der Waals surface area contributed by atoms with E-state index in [1.54, 1.807) is 6.08 Å². The monoisotopic (exact) mass is 1190 g/mol. The van der Waals surface area contributed by atoms with Gasteiger partial charge in [0.25, 0.3) is 0 Å². The van der Waals surface area contributed by atoms with E-state index >= 15 is 0 Å². The van der Waals surface area contributed by atoms with Crippen LogP contribution in [0.25, 0.3) is 0 Å². The number of ether oxygens (including phenoxy) is 3. The van der Waals surface area contributed by atoms with E-state index in [1.807, 2.05) is 6.08 Å². The van der Waals surface area contributed by atoms with E-state index in [0.29, 0.717) is 19.3 Å². The first-order chi connectivity index (χ1) is 41.2. The Morgan fingerprint density at radius 3 is 1.15 bits per heavy atom. The summed E-state index contributed by atoms with van der Waals surface area (Å²) in [5.74, 6) is -1.18. The van der Waals surface area contributed by atoms with Crippen LogP contribution in [0.1, 0.15) is 355 Å². The summed E-state index contributed by atoms with van der Waals surface area (Å²) in [7, 11) is 0. The number of nitrogens with one attached hydrogen (secondary N) is 1. The highest BCUT2D eigenvalue weighted by molar-refractivity contribution is 5.80.